The molecule has 31 heavy (non-hydrogen) atoms. The first-order valence-corrected chi connectivity index (χ1v) is 10.7. The minimum Gasteiger partial charge on any atom is -0.468 e. The summed E-state index contributed by atoms with van der Waals surface area (Å²) in [5, 5.41) is 7.95. The Morgan fingerprint density at radius 2 is 1.84 bits per heavy atom. The second-order valence-electron chi connectivity index (χ2n) is 7.29. The maximum absolute atomic E-state index is 12.8. The first kappa shape index (κ1) is 21.3. The van der Waals surface area contributed by atoms with Crippen LogP contribution in [0.1, 0.15) is 28.5 Å². The fraction of sp³-hybridized carbons (Fsp3) is 0.261. The summed E-state index contributed by atoms with van der Waals surface area (Å²) < 4.78 is 12.8. The first-order valence-electron chi connectivity index (χ1n) is 9.87. The summed E-state index contributed by atoms with van der Waals surface area (Å²) >= 11 is 3.43. The van der Waals surface area contributed by atoms with E-state index in [0.29, 0.717) is 5.69 Å². The lowest BCUT2D eigenvalue weighted by Crippen LogP contribution is -2.32. The number of esters is 2. The highest BCUT2D eigenvalue weighted by molar-refractivity contribution is 9.10. The molecule has 3 aromatic rings. The Labute approximate surface area is 188 Å². The molecule has 1 fully saturated rings. The summed E-state index contributed by atoms with van der Waals surface area (Å²) in [6, 6.07) is 16.4. The molecule has 2 heterocycles. The number of hydrogen-bond acceptors (Lipinski definition) is 6. The number of carbonyl (C=O) groups excluding carboxylic acids is 2. The van der Waals surface area contributed by atoms with E-state index in [2.05, 4.69) is 21.2 Å². The average Bonchev–Trinajstić information content (AvgIpc) is 3.36. The number of hydrogen-bond donors (Lipinski definition) is 1. The molecule has 0 unspecified atom stereocenters. The van der Waals surface area contributed by atoms with Crippen LogP contribution in [0.3, 0.4) is 0 Å². The lowest BCUT2D eigenvalue weighted by Gasteiger charge is -2.19. The minimum absolute atomic E-state index is 0.225. The van der Waals surface area contributed by atoms with Crippen LogP contribution in [-0.2, 0) is 19.9 Å². The summed E-state index contributed by atoms with van der Waals surface area (Å²) in [5.41, 5.74) is 2.51. The van der Waals surface area contributed by atoms with E-state index in [-0.39, 0.29) is 12.3 Å². The molecule has 0 aliphatic carbocycles. The van der Waals surface area contributed by atoms with E-state index >= 15 is 0 Å². The molecule has 8 heteroatoms. The van der Waals surface area contributed by atoms with Gasteiger partial charge in [0.1, 0.15) is 5.69 Å². The van der Waals surface area contributed by atoms with E-state index in [0.717, 1.165) is 21.2 Å². The lowest BCUT2D eigenvalue weighted by atomic mass is 10.0. The zero-order valence-corrected chi connectivity index (χ0v) is 19.0. The number of nitrogens with zero attached hydrogens (tertiary/aromatic N) is 2. The smallest absolute Gasteiger partial charge is 0.356 e. The van der Waals surface area contributed by atoms with Crippen molar-refractivity contribution in [2.45, 2.75) is 25.6 Å². The number of benzene rings is 2. The van der Waals surface area contributed by atoms with Crippen molar-refractivity contribution >= 4 is 27.9 Å². The molecule has 1 aliphatic heterocycles. The van der Waals surface area contributed by atoms with Gasteiger partial charge in [0.05, 0.1) is 19.4 Å². The second-order valence-corrected chi connectivity index (χ2v) is 8.20. The molecule has 160 valence electrons. The minimum atomic E-state index is -1.05. The van der Waals surface area contributed by atoms with Crippen molar-refractivity contribution in [1.29, 1.82) is 0 Å². The summed E-state index contributed by atoms with van der Waals surface area (Å²) in [4.78, 5) is 25.3. The second kappa shape index (κ2) is 8.28. The molecule has 0 spiro atoms. The molecular weight excluding hydrogens is 462 g/mol. The van der Waals surface area contributed by atoms with Gasteiger partial charge in [-0.1, -0.05) is 57.9 Å². The quantitative estimate of drug-likeness (QED) is 0.424. The fourth-order valence-corrected chi connectivity index (χ4v) is 3.92. The van der Waals surface area contributed by atoms with Crippen molar-refractivity contribution < 1.29 is 19.1 Å². The number of halogens is 1. The number of methoxy groups -OCH3 is 1. The molecule has 1 aliphatic rings. The number of ether oxygens (including phenoxy) is 2. The molecule has 4 rings (SSSR count). The van der Waals surface area contributed by atoms with Crippen LogP contribution in [-0.4, -0.2) is 41.5 Å². The van der Waals surface area contributed by atoms with Crippen LogP contribution in [0.2, 0.25) is 0 Å². The van der Waals surface area contributed by atoms with Crippen molar-refractivity contribution in [2.75, 3.05) is 13.7 Å². The summed E-state index contributed by atoms with van der Waals surface area (Å²) in [5.74, 6) is -0.946. The summed E-state index contributed by atoms with van der Waals surface area (Å²) in [6.07, 6.45) is 0. The fourth-order valence-electron chi connectivity index (χ4n) is 3.65. The van der Waals surface area contributed by atoms with Gasteiger partial charge in [-0.25, -0.2) is 9.48 Å². The average molecular weight is 484 g/mol. The van der Waals surface area contributed by atoms with E-state index in [4.69, 9.17) is 14.6 Å². The normalized spacial score (nSPS) is 19.7. The third-order valence-corrected chi connectivity index (χ3v) is 5.82. The van der Waals surface area contributed by atoms with Gasteiger partial charge in [0, 0.05) is 10.0 Å². The van der Waals surface area contributed by atoms with Gasteiger partial charge in [0.2, 0.25) is 0 Å². The van der Waals surface area contributed by atoms with Gasteiger partial charge >= 0.3 is 11.9 Å². The third-order valence-electron chi connectivity index (χ3n) is 5.30. The highest BCUT2D eigenvalue weighted by atomic mass is 79.9. The van der Waals surface area contributed by atoms with Gasteiger partial charge in [-0.3, -0.25) is 10.1 Å². The highest BCUT2D eigenvalue weighted by Gasteiger charge is 2.63. The SMILES string of the molecule is CCOC(=O)c1cc(-c2ccc(Br)cc2)nn1[C@@]1(c2ccc(C)cc2)N[C@@H]1C(=O)OC. The Hall–Kier alpha value is -2.97. The molecule has 0 bridgehead atoms. The predicted molar refractivity (Wildman–Crippen MR) is 119 cm³/mol. The van der Waals surface area contributed by atoms with E-state index in [1.165, 1.54) is 7.11 Å². The number of rotatable bonds is 6. The Morgan fingerprint density at radius 3 is 2.45 bits per heavy atom. The Kier molecular flexibility index (Phi) is 5.68. The molecule has 2 atom stereocenters. The summed E-state index contributed by atoms with van der Waals surface area (Å²) in [7, 11) is 1.34. The van der Waals surface area contributed by atoms with Gasteiger partial charge in [-0.15, -0.1) is 0 Å². The zero-order valence-electron chi connectivity index (χ0n) is 17.4. The molecule has 0 amide bonds. The lowest BCUT2D eigenvalue weighted by molar-refractivity contribution is -0.140. The number of carbonyl (C=O) groups is 2. The van der Waals surface area contributed by atoms with Crippen LogP contribution < -0.4 is 5.32 Å². The van der Waals surface area contributed by atoms with Crippen LogP contribution in [0.15, 0.2) is 59.1 Å². The molecule has 1 aromatic heterocycles. The van der Waals surface area contributed by atoms with Crippen molar-refractivity contribution in [1.82, 2.24) is 15.1 Å². The Balaban J connectivity index is 1.89. The first-order chi connectivity index (χ1) is 14.9. The zero-order chi connectivity index (χ0) is 22.2. The van der Waals surface area contributed by atoms with Gasteiger partial charge in [0.15, 0.2) is 11.7 Å². The van der Waals surface area contributed by atoms with Crippen molar-refractivity contribution in [3.63, 3.8) is 0 Å². The van der Waals surface area contributed by atoms with Crippen LogP contribution in [0.4, 0.5) is 0 Å². The Bertz CT molecular complexity index is 1120. The van der Waals surface area contributed by atoms with Crippen LogP contribution in [0.5, 0.6) is 0 Å². The van der Waals surface area contributed by atoms with Crippen LogP contribution >= 0.6 is 15.9 Å². The number of aromatic nitrogens is 2. The van der Waals surface area contributed by atoms with Gasteiger partial charge in [0.25, 0.3) is 0 Å². The molecule has 1 N–H and O–H groups in total. The van der Waals surface area contributed by atoms with Crippen molar-refractivity contribution in [3.05, 3.63) is 75.9 Å². The monoisotopic (exact) mass is 483 g/mol. The predicted octanol–water partition coefficient (Wildman–Crippen LogP) is 3.64. The molecule has 0 radical (unpaired) electrons. The van der Waals surface area contributed by atoms with Gasteiger partial charge < -0.3 is 9.47 Å². The Morgan fingerprint density at radius 1 is 1.16 bits per heavy atom. The maximum atomic E-state index is 12.8. The van der Waals surface area contributed by atoms with E-state index < -0.39 is 23.6 Å². The molecule has 2 aromatic carbocycles. The van der Waals surface area contributed by atoms with Crippen LogP contribution in [0.25, 0.3) is 11.3 Å². The number of aryl methyl sites for hydroxylation is 1. The van der Waals surface area contributed by atoms with E-state index in [1.54, 1.807) is 17.7 Å². The largest absolute Gasteiger partial charge is 0.468 e. The molecule has 0 saturated carbocycles. The van der Waals surface area contributed by atoms with Gasteiger partial charge in [-0.2, -0.15) is 5.10 Å². The van der Waals surface area contributed by atoms with E-state index in [1.807, 2.05) is 55.5 Å². The number of nitrogens with one attached hydrogen (secondary N) is 1. The molecule has 1 saturated heterocycles. The molecular formula is C23H22BrN3O4. The standard InChI is InChI=1S/C23H22BrN3O4/c1-4-31-21(28)19-13-18(15-7-11-17(24)12-8-15)26-27(19)23(20(25-23)22(29)30-3)16-9-5-14(2)6-10-16/h5-13,20,25H,4H2,1-3H3/t20-,23-/m1/s1. The van der Waals surface area contributed by atoms with E-state index in [9.17, 15) is 9.59 Å². The summed E-state index contributed by atoms with van der Waals surface area (Å²) in [6.45, 7) is 3.96. The molecule has 7 nitrogen and oxygen atoms in total. The van der Waals surface area contributed by atoms with Gasteiger partial charge in [-0.05, 0) is 37.6 Å². The highest BCUT2D eigenvalue weighted by Crippen LogP contribution is 2.42. The maximum Gasteiger partial charge on any atom is 0.356 e. The third kappa shape index (κ3) is 3.77. The van der Waals surface area contributed by atoms with Crippen molar-refractivity contribution in [2.24, 2.45) is 0 Å². The van der Waals surface area contributed by atoms with Crippen molar-refractivity contribution in [3.8, 4) is 11.3 Å². The topological polar surface area (TPSA) is 92.4 Å². The van der Waals surface area contributed by atoms with Crippen LogP contribution in [0, 0.1) is 6.92 Å².